The quantitative estimate of drug-likeness (QED) is 0.356. The van der Waals surface area contributed by atoms with Crippen LogP contribution in [0.5, 0.6) is 5.75 Å². The molecule has 2 aromatic carbocycles. The number of phenolic OH excluding ortho intramolecular Hbond substituents is 1. The number of aromatic hydroxyl groups is 1. The fourth-order valence-corrected chi connectivity index (χ4v) is 3.27. The highest BCUT2D eigenvalue weighted by Crippen LogP contribution is 2.31. The molecule has 0 aliphatic heterocycles. The lowest BCUT2D eigenvalue weighted by molar-refractivity contribution is -0.384. The highest BCUT2D eigenvalue weighted by molar-refractivity contribution is 7.99. The maximum atomic E-state index is 12.1. The normalized spacial score (nSPS) is 10.6. The van der Waals surface area contributed by atoms with E-state index in [1.54, 1.807) is 29.8 Å². The van der Waals surface area contributed by atoms with Crippen molar-refractivity contribution in [2.24, 2.45) is 7.05 Å². The van der Waals surface area contributed by atoms with Crippen molar-refractivity contribution in [3.8, 4) is 17.1 Å². The predicted octanol–water partition coefficient (Wildman–Crippen LogP) is 3.48. The van der Waals surface area contributed by atoms with E-state index >= 15 is 0 Å². The number of nitrogens with zero attached hydrogens (tertiary/aromatic N) is 4. The third-order valence-corrected chi connectivity index (χ3v) is 4.96. The molecule has 2 N–H and O–H groups in total. The van der Waals surface area contributed by atoms with Crippen LogP contribution < -0.4 is 5.32 Å². The number of amides is 1. The number of nitrogens with one attached hydrogen (secondary N) is 1. The molecule has 0 radical (unpaired) electrons. The molecule has 0 bridgehead atoms. The molecule has 1 aromatic heterocycles. The first-order chi connectivity index (χ1) is 13.3. The molecule has 1 amide bonds. The third-order valence-electron chi connectivity index (χ3n) is 3.71. The highest BCUT2D eigenvalue weighted by atomic mass is 35.5. The summed E-state index contributed by atoms with van der Waals surface area (Å²) in [4.78, 5) is 22.4. The molecule has 28 heavy (non-hydrogen) atoms. The van der Waals surface area contributed by atoms with Gasteiger partial charge in [-0.05, 0) is 24.3 Å². The predicted molar refractivity (Wildman–Crippen MR) is 106 cm³/mol. The maximum absolute atomic E-state index is 12.1. The van der Waals surface area contributed by atoms with Gasteiger partial charge in [0.2, 0.25) is 5.91 Å². The number of hydrogen-bond acceptors (Lipinski definition) is 7. The van der Waals surface area contributed by atoms with Gasteiger partial charge in [0.1, 0.15) is 5.75 Å². The zero-order valence-electron chi connectivity index (χ0n) is 14.5. The van der Waals surface area contributed by atoms with E-state index in [4.69, 9.17) is 11.6 Å². The lowest BCUT2D eigenvalue weighted by atomic mass is 10.2. The number of phenols is 1. The monoisotopic (exact) mass is 419 g/mol. The van der Waals surface area contributed by atoms with Crippen molar-refractivity contribution in [3.05, 3.63) is 57.6 Å². The maximum Gasteiger partial charge on any atom is 0.271 e. The Kier molecular flexibility index (Phi) is 5.81. The van der Waals surface area contributed by atoms with Crippen molar-refractivity contribution in [2.75, 3.05) is 11.1 Å². The van der Waals surface area contributed by atoms with E-state index in [-0.39, 0.29) is 23.1 Å². The van der Waals surface area contributed by atoms with E-state index in [1.807, 2.05) is 0 Å². The Balaban J connectivity index is 1.68. The van der Waals surface area contributed by atoms with Crippen molar-refractivity contribution in [3.63, 3.8) is 0 Å². The molecule has 0 fully saturated rings. The summed E-state index contributed by atoms with van der Waals surface area (Å²) in [5.41, 5.74) is 0.655. The average Bonchev–Trinajstić information content (AvgIpc) is 3.02. The summed E-state index contributed by atoms with van der Waals surface area (Å²) in [5.74, 6) is 0.0954. The molecule has 3 rings (SSSR count). The zero-order chi connectivity index (χ0) is 20.3. The van der Waals surface area contributed by atoms with Gasteiger partial charge in [-0.15, -0.1) is 10.2 Å². The van der Waals surface area contributed by atoms with Crippen molar-refractivity contribution < 1.29 is 14.8 Å². The number of nitro groups is 1. The molecule has 0 saturated heterocycles. The number of thioether (sulfide) groups is 1. The first-order valence-electron chi connectivity index (χ1n) is 7.90. The van der Waals surface area contributed by atoms with Crippen LogP contribution in [0.1, 0.15) is 0 Å². The number of aromatic nitrogens is 3. The molecule has 0 saturated carbocycles. The number of halogens is 1. The van der Waals surface area contributed by atoms with E-state index in [0.717, 1.165) is 11.8 Å². The molecular formula is C17H14ClN5O4S. The summed E-state index contributed by atoms with van der Waals surface area (Å²) in [6.07, 6.45) is 0. The largest absolute Gasteiger partial charge is 0.507 e. The van der Waals surface area contributed by atoms with Gasteiger partial charge in [0.15, 0.2) is 11.0 Å². The van der Waals surface area contributed by atoms with Gasteiger partial charge in [0, 0.05) is 29.9 Å². The number of carbonyl (C=O) groups excluding carboxylic acids is 1. The minimum absolute atomic E-state index is 0.0138. The minimum Gasteiger partial charge on any atom is -0.507 e. The second kappa shape index (κ2) is 8.28. The minimum atomic E-state index is -0.531. The number of rotatable bonds is 6. The van der Waals surface area contributed by atoms with Gasteiger partial charge in [0.05, 0.1) is 16.2 Å². The van der Waals surface area contributed by atoms with E-state index in [0.29, 0.717) is 27.3 Å². The standard InChI is InChI=1S/C17H14ClN5O4S/c1-22-16(13-7-10(18)5-6-14(13)24)20-21-17(22)28-9-15(25)19-11-3-2-4-12(8-11)23(26)27/h2-8,24H,9H2,1H3,(H,19,25). The van der Waals surface area contributed by atoms with Crippen molar-refractivity contribution >= 4 is 40.6 Å². The summed E-state index contributed by atoms with van der Waals surface area (Å²) in [5, 5.41) is 32.4. The number of hydrogen-bond donors (Lipinski definition) is 2. The molecule has 0 unspecified atom stereocenters. The van der Waals surface area contributed by atoms with Crippen molar-refractivity contribution in [1.29, 1.82) is 0 Å². The second-order valence-corrected chi connectivity index (χ2v) is 7.05. The van der Waals surface area contributed by atoms with Crippen LogP contribution in [-0.2, 0) is 11.8 Å². The summed E-state index contributed by atoms with van der Waals surface area (Å²) >= 11 is 7.11. The van der Waals surface area contributed by atoms with Crippen LogP contribution in [0.4, 0.5) is 11.4 Å². The lowest BCUT2D eigenvalue weighted by Crippen LogP contribution is -2.14. The topological polar surface area (TPSA) is 123 Å². The molecule has 1 heterocycles. The number of non-ortho nitro benzene ring substituents is 1. The average molecular weight is 420 g/mol. The van der Waals surface area contributed by atoms with E-state index in [9.17, 15) is 20.0 Å². The second-order valence-electron chi connectivity index (χ2n) is 5.67. The van der Waals surface area contributed by atoms with Gasteiger partial charge >= 0.3 is 0 Å². The van der Waals surface area contributed by atoms with Gasteiger partial charge in [-0.25, -0.2) is 0 Å². The number of carbonyl (C=O) groups is 1. The highest BCUT2D eigenvalue weighted by Gasteiger charge is 2.16. The zero-order valence-corrected chi connectivity index (χ0v) is 16.1. The van der Waals surface area contributed by atoms with Crippen LogP contribution in [0.2, 0.25) is 5.02 Å². The van der Waals surface area contributed by atoms with Crippen molar-refractivity contribution in [1.82, 2.24) is 14.8 Å². The van der Waals surface area contributed by atoms with Gasteiger partial charge in [-0.3, -0.25) is 14.9 Å². The Morgan fingerprint density at radius 3 is 2.86 bits per heavy atom. The van der Waals surface area contributed by atoms with E-state index in [2.05, 4.69) is 15.5 Å². The SMILES string of the molecule is Cn1c(SCC(=O)Nc2cccc([N+](=O)[O-])c2)nnc1-c1cc(Cl)ccc1O. The molecule has 0 spiro atoms. The van der Waals surface area contributed by atoms with Gasteiger partial charge in [-0.2, -0.15) is 0 Å². The number of benzene rings is 2. The van der Waals surface area contributed by atoms with Gasteiger partial charge < -0.3 is 15.0 Å². The Bertz CT molecular complexity index is 1060. The fourth-order valence-electron chi connectivity index (χ4n) is 2.39. The van der Waals surface area contributed by atoms with Crippen LogP contribution in [0.3, 0.4) is 0 Å². The molecule has 0 aliphatic rings. The first-order valence-corrected chi connectivity index (χ1v) is 9.27. The Hall–Kier alpha value is -3.11. The molecule has 3 aromatic rings. The molecular weight excluding hydrogens is 406 g/mol. The van der Waals surface area contributed by atoms with Crippen LogP contribution in [0.15, 0.2) is 47.6 Å². The smallest absolute Gasteiger partial charge is 0.271 e. The Morgan fingerprint density at radius 2 is 2.11 bits per heavy atom. The fraction of sp³-hybridized carbons (Fsp3) is 0.118. The summed E-state index contributed by atoms with van der Waals surface area (Å²) < 4.78 is 1.64. The van der Waals surface area contributed by atoms with Crippen molar-refractivity contribution in [2.45, 2.75) is 5.16 Å². The molecule has 0 aliphatic carbocycles. The first kappa shape index (κ1) is 19.6. The summed E-state index contributed by atoms with van der Waals surface area (Å²) in [7, 11) is 1.70. The molecule has 0 atom stereocenters. The van der Waals surface area contributed by atoms with Gasteiger partial charge in [-0.1, -0.05) is 29.4 Å². The Morgan fingerprint density at radius 1 is 1.32 bits per heavy atom. The van der Waals surface area contributed by atoms with Gasteiger partial charge in [0.25, 0.3) is 5.69 Å². The third kappa shape index (κ3) is 4.41. The van der Waals surface area contributed by atoms with Crippen LogP contribution in [0.25, 0.3) is 11.4 Å². The molecule has 9 nitrogen and oxygen atoms in total. The van der Waals surface area contributed by atoms with Crippen LogP contribution in [-0.4, -0.2) is 36.5 Å². The summed E-state index contributed by atoms with van der Waals surface area (Å²) in [6, 6.07) is 10.3. The Labute approximate surface area is 168 Å². The summed E-state index contributed by atoms with van der Waals surface area (Å²) in [6.45, 7) is 0. The van der Waals surface area contributed by atoms with Crippen LogP contribution in [0, 0.1) is 10.1 Å². The van der Waals surface area contributed by atoms with E-state index in [1.165, 1.54) is 24.3 Å². The van der Waals surface area contributed by atoms with Crippen LogP contribution >= 0.6 is 23.4 Å². The lowest BCUT2D eigenvalue weighted by Gasteiger charge is -2.07. The number of anilines is 1. The molecule has 144 valence electrons. The van der Waals surface area contributed by atoms with E-state index < -0.39 is 4.92 Å². The number of nitro benzene ring substituents is 1. The molecule has 11 heteroatoms.